The van der Waals surface area contributed by atoms with E-state index in [9.17, 15) is 4.79 Å². The SMILES string of the molecule is CCC(=O)NC[C@@H]1C[C@H]1c1c(I)cc(I)c2c1CCO2. The first-order chi connectivity index (χ1) is 9.61. The summed E-state index contributed by atoms with van der Waals surface area (Å²) in [4.78, 5) is 11.4. The van der Waals surface area contributed by atoms with Crippen molar-refractivity contribution in [3.63, 3.8) is 0 Å². The summed E-state index contributed by atoms with van der Waals surface area (Å²) in [5.74, 6) is 2.46. The summed E-state index contributed by atoms with van der Waals surface area (Å²) >= 11 is 4.81. The molecule has 1 fully saturated rings. The van der Waals surface area contributed by atoms with Gasteiger partial charge in [0.15, 0.2) is 0 Å². The molecule has 2 aliphatic rings. The highest BCUT2D eigenvalue weighted by Crippen LogP contribution is 2.52. The molecule has 3 nitrogen and oxygen atoms in total. The standard InChI is InChI=1S/C15H17I2NO2/c1-2-13(19)18-7-8-5-10(8)14-9-3-4-20-15(9)12(17)6-11(14)16/h6,8,10H,2-5,7H2,1H3,(H,18,19)/t8-,10+/m0/s1. The zero-order valence-electron chi connectivity index (χ0n) is 11.3. The smallest absolute Gasteiger partial charge is 0.219 e. The Balaban J connectivity index is 1.76. The van der Waals surface area contributed by atoms with Gasteiger partial charge in [0, 0.05) is 28.5 Å². The molecule has 108 valence electrons. The van der Waals surface area contributed by atoms with Gasteiger partial charge in [-0.3, -0.25) is 4.79 Å². The van der Waals surface area contributed by atoms with Crippen LogP contribution in [0.2, 0.25) is 0 Å². The fourth-order valence-electron chi connectivity index (χ4n) is 2.92. The number of nitrogens with one attached hydrogen (secondary N) is 1. The van der Waals surface area contributed by atoms with Crippen molar-refractivity contribution in [2.45, 2.75) is 32.1 Å². The van der Waals surface area contributed by atoms with Gasteiger partial charge in [-0.05, 0) is 75.1 Å². The summed E-state index contributed by atoms with van der Waals surface area (Å²) in [5.41, 5.74) is 2.89. The van der Waals surface area contributed by atoms with Crippen LogP contribution in [0.15, 0.2) is 6.07 Å². The van der Waals surface area contributed by atoms with Crippen molar-refractivity contribution in [1.29, 1.82) is 0 Å². The van der Waals surface area contributed by atoms with Crippen molar-refractivity contribution in [1.82, 2.24) is 5.32 Å². The van der Waals surface area contributed by atoms with Crippen LogP contribution < -0.4 is 10.1 Å². The number of benzene rings is 1. The van der Waals surface area contributed by atoms with E-state index in [-0.39, 0.29) is 5.91 Å². The summed E-state index contributed by atoms with van der Waals surface area (Å²) in [5, 5.41) is 3.02. The van der Waals surface area contributed by atoms with Gasteiger partial charge in [-0.2, -0.15) is 0 Å². The molecule has 1 aromatic rings. The van der Waals surface area contributed by atoms with Gasteiger partial charge in [0.05, 0.1) is 10.2 Å². The van der Waals surface area contributed by atoms with Crippen molar-refractivity contribution < 1.29 is 9.53 Å². The van der Waals surface area contributed by atoms with E-state index >= 15 is 0 Å². The van der Waals surface area contributed by atoms with E-state index in [4.69, 9.17) is 4.74 Å². The Morgan fingerprint density at radius 3 is 3.00 bits per heavy atom. The maximum Gasteiger partial charge on any atom is 0.219 e. The Kier molecular flexibility index (Phi) is 4.45. The van der Waals surface area contributed by atoms with E-state index < -0.39 is 0 Å². The van der Waals surface area contributed by atoms with E-state index in [1.807, 2.05) is 6.92 Å². The Labute approximate surface area is 146 Å². The van der Waals surface area contributed by atoms with Gasteiger partial charge in [0.1, 0.15) is 5.75 Å². The number of fused-ring (bicyclic) bond motifs is 1. The highest BCUT2D eigenvalue weighted by molar-refractivity contribution is 14.1. The van der Waals surface area contributed by atoms with E-state index in [1.165, 1.54) is 24.7 Å². The first-order valence-electron chi connectivity index (χ1n) is 7.02. The van der Waals surface area contributed by atoms with Crippen LogP contribution in [-0.2, 0) is 11.2 Å². The molecule has 0 aromatic heterocycles. The second-order valence-corrected chi connectivity index (χ2v) is 7.74. The first-order valence-corrected chi connectivity index (χ1v) is 9.17. The maximum atomic E-state index is 11.4. The molecule has 3 rings (SSSR count). The lowest BCUT2D eigenvalue weighted by atomic mass is 10.00. The average Bonchev–Trinajstić information content (AvgIpc) is 2.99. The Bertz CT molecular complexity index is 559. The molecule has 20 heavy (non-hydrogen) atoms. The van der Waals surface area contributed by atoms with Crippen LogP contribution >= 0.6 is 45.2 Å². The third-order valence-corrected chi connectivity index (χ3v) is 5.80. The third-order valence-electron chi connectivity index (χ3n) is 4.10. The molecule has 1 N–H and O–H groups in total. The molecule has 0 bridgehead atoms. The first kappa shape index (κ1) is 14.9. The Morgan fingerprint density at radius 2 is 2.25 bits per heavy atom. The zero-order chi connectivity index (χ0) is 14.3. The molecule has 1 saturated carbocycles. The largest absolute Gasteiger partial charge is 0.492 e. The minimum atomic E-state index is 0.154. The summed E-state index contributed by atoms with van der Waals surface area (Å²) in [6.45, 7) is 3.52. The van der Waals surface area contributed by atoms with E-state index in [2.05, 4.69) is 56.6 Å². The second kappa shape index (κ2) is 5.98. The van der Waals surface area contributed by atoms with Crippen LogP contribution in [0.3, 0.4) is 0 Å². The molecule has 0 radical (unpaired) electrons. The topological polar surface area (TPSA) is 38.3 Å². The quantitative estimate of drug-likeness (QED) is 0.648. The van der Waals surface area contributed by atoms with Gasteiger partial charge in [-0.1, -0.05) is 6.92 Å². The minimum absolute atomic E-state index is 0.154. The summed E-state index contributed by atoms with van der Waals surface area (Å²) in [6.07, 6.45) is 2.79. The molecular weight excluding hydrogens is 480 g/mol. The molecule has 0 unspecified atom stereocenters. The van der Waals surface area contributed by atoms with Crippen LogP contribution in [0, 0.1) is 13.1 Å². The number of carbonyl (C=O) groups is 1. The monoisotopic (exact) mass is 497 g/mol. The summed E-state index contributed by atoms with van der Waals surface area (Å²) < 4.78 is 8.35. The van der Waals surface area contributed by atoms with E-state index in [1.54, 1.807) is 0 Å². The number of hydrogen-bond donors (Lipinski definition) is 1. The van der Waals surface area contributed by atoms with Crippen molar-refractivity contribution in [2.24, 2.45) is 5.92 Å². The van der Waals surface area contributed by atoms with Gasteiger partial charge in [-0.25, -0.2) is 0 Å². The van der Waals surface area contributed by atoms with E-state index in [0.29, 0.717) is 18.3 Å². The van der Waals surface area contributed by atoms with Crippen LogP contribution in [0.5, 0.6) is 5.75 Å². The molecule has 0 spiro atoms. The predicted octanol–water partition coefficient (Wildman–Crippen LogP) is 3.46. The summed E-state index contributed by atoms with van der Waals surface area (Å²) in [7, 11) is 0. The predicted molar refractivity (Wildman–Crippen MR) is 95.2 cm³/mol. The Hall–Kier alpha value is -0.0500. The van der Waals surface area contributed by atoms with Crippen molar-refractivity contribution in [3.05, 3.63) is 24.3 Å². The normalized spacial score (nSPS) is 23.1. The van der Waals surface area contributed by atoms with Crippen molar-refractivity contribution >= 4 is 51.1 Å². The number of hydrogen-bond acceptors (Lipinski definition) is 2. The highest BCUT2D eigenvalue weighted by Gasteiger charge is 2.42. The van der Waals surface area contributed by atoms with Crippen LogP contribution in [0.25, 0.3) is 0 Å². The minimum Gasteiger partial charge on any atom is -0.492 e. The fraction of sp³-hybridized carbons (Fsp3) is 0.533. The molecule has 1 aliphatic carbocycles. The molecule has 5 heteroatoms. The lowest BCUT2D eigenvalue weighted by Gasteiger charge is -2.12. The third kappa shape index (κ3) is 2.80. The van der Waals surface area contributed by atoms with Gasteiger partial charge < -0.3 is 10.1 Å². The number of carbonyl (C=O) groups excluding carboxylic acids is 1. The van der Waals surface area contributed by atoms with Gasteiger partial charge in [0.25, 0.3) is 0 Å². The average molecular weight is 497 g/mol. The molecule has 2 atom stereocenters. The maximum absolute atomic E-state index is 11.4. The fourth-order valence-corrected chi connectivity index (χ4v) is 5.35. The molecular formula is C15H17I2NO2. The van der Waals surface area contributed by atoms with Crippen molar-refractivity contribution in [3.8, 4) is 5.75 Å². The molecule has 0 saturated heterocycles. The highest BCUT2D eigenvalue weighted by atomic mass is 127. The Morgan fingerprint density at radius 1 is 1.45 bits per heavy atom. The number of ether oxygens (including phenoxy) is 1. The number of amides is 1. The van der Waals surface area contributed by atoms with Gasteiger partial charge in [0.2, 0.25) is 5.91 Å². The lowest BCUT2D eigenvalue weighted by molar-refractivity contribution is -0.120. The number of halogens is 2. The van der Waals surface area contributed by atoms with Crippen LogP contribution in [-0.4, -0.2) is 19.1 Å². The second-order valence-electron chi connectivity index (χ2n) is 5.42. The zero-order valence-corrected chi connectivity index (χ0v) is 15.7. The lowest BCUT2D eigenvalue weighted by Crippen LogP contribution is -2.24. The molecule has 1 aliphatic heterocycles. The molecule has 1 amide bonds. The number of rotatable bonds is 4. The van der Waals surface area contributed by atoms with Gasteiger partial charge >= 0.3 is 0 Å². The molecule has 1 heterocycles. The van der Waals surface area contributed by atoms with Gasteiger partial charge in [-0.15, -0.1) is 0 Å². The van der Waals surface area contributed by atoms with Crippen LogP contribution in [0.1, 0.15) is 36.8 Å². The van der Waals surface area contributed by atoms with Crippen molar-refractivity contribution in [2.75, 3.05) is 13.2 Å². The molecule has 1 aromatic carbocycles. The van der Waals surface area contributed by atoms with Crippen LogP contribution in [0.4, 0.5) is 0 Å². The summed E-state index contributed by atoms with van der Waals surface area (Å²) in [6, 6.07) is 2.22. The van der Waals surface area contributed by atoms with E-state index in [0.717, 1.165) is 25.3 Å².